The van der Waals surface area contributed by atoms with Crippen LogP contribution in [0.25, 0.3) is 17.0 Å². The van der Waals surface area contributed by atoms with E-state index in [-0.39, 0.29) is 17.5 Å². The van der Waals surface area contributed by atoms with E-state index >= 15 is 0 Å². The highest BCUT2D eigenvalue weighted by atomic mass is 16.5. The molecular weight excluding hydrogens is 238 g/mol. The van der Waals surface area contributed by atoms with Gasteiger partial charge in [-0.25, -0.2) is 19.5 Å². The van der Waals surface area contributed by atoms with E-state index < -0.39 is 12.2 Å². The van der Waals surface area contributed by atoms with Gasteiger partial charge in [0.25, 0.3) is 0 Å². The molecule has 4 N–H and O–H groups in total. The van der Waals surface area contributed by atoms with Gasteiger partial charge < -0.3 is 20.7 Å². The van der Waals surface area contributed by atoms with Crippen LogP contribution in [0.15, 0.2) is 18.4 Å². The van der Waals surface area contributed by atoms with Crippen molar-refractivity contribution in [2.24, 2.45) is 0 Å². The Morgan fingerprint density at radius 1 is 1.39 bits per heavy atom. The molecule has 3 rings (SSSR count). The minimum Gasteiger partial charge on any atom is -0.505 e. The molecule has 2 aromatic heterocycles. The number of imidazole rings is 1. The first-order chi connectivity index (χ1) is 8.59. The fraction of sp³-hybridized carbons (Fsp3) is 0.300. The second-order valence-electron chi connectivity index (χ2n) is 4.00. The predicted molar refractivity (Wildman–Crippen MR) is 62.1 cm³/mol. The fourth-order valence-electron chi connectivity index (χ4n) is 1.83. The largest absolute Gasteiger partial charge is 0.505 e. The zero-order chi connectivity index (χ0) is 12.9. The molecule has 0 unspecified atom stereocenters. The van der Waals surface area contributed by atoms with Crippen molar-refractivity contribution in [2.45, 2.75) is 19.1 Å². The van der Waals surface area contributed by atoms with Crippen LogP contribution in [0.4, 0.5) is 5.82 Å². The Morgan fingerprint density at radius 2 is 2.17 bits per heavy atom. The van der Waals surface area contributed by atoms with Crippen LogP contribution in [0, 0.1) is 0 Å². The molecule has 18 heavy (non-hydrogen) atoms. The fourth-order valence-corrected chi connectivity index (χ4v) is 1.83. The third-order valence-electron chi connectivity index (χ3n) is 2.82. The molecule has 1 aliphatic rings. The number of hydrogen-bond donors (Lipinski definition) is 3. The zero-order valence-corrected chi connectivity index (χ0v) is 9.48. The molecule has 3 heterocycles. The first-order valence-corrected chi connectivity index (χ1v) is 5.31. The molecule has 0 bridgehead atoms. The summed E-state index contributed by atoms with van der Waals surface area (Å²) in [6.07, 6.45) is 1.11. The molecule has 0 spiro atoms. The van der Waals surface area contributed by atoms with Gasteiger partial charge in [-0.2, -0.15) is 0 Å². The number of aliphatic hydroxyl groups is 2. The lowest BCUT2D eigenvalue weighted by atomic mass is 10.2. The maximum Gasteiger partial charge on any atom is 0.243 e. The van der Waals surface area contributed by atoms with E-state index in [1.165, 1.54) is 17.2 Å². The van der Waals surface area contributed by atoms with E-state index in [4.69, 9.17) is 10.5 Å². The van der Waals surface area contributed by atoms with Crippen molar-refractivity contribution in [2.75, 3.05) is 5.73 Å². The van der Waals surface area contributed by atoms with E-state index in [1.54, 1.807) is 6.92 Å². The summed E-state index contributed by atoms with van der Waals surface area (Å²) < 4.78 is 6.81. The number of hydrogen-bond acceptors (Lipinski definition) is 7. The topological polar surface area (TPSA) is 119 Å². The molecule has 0 saturated heterocycles. The quantitative estimate of drug-likeness (QED) is 0.644. The Kier molecular flexibility index (Phi) is 2.14. The highest BCUT2D eigenvalue weighted by molar-refractivity contribution is 5.83. The van der Waals surface area contributed by atoms with Crippen molar-refractivity contribution in [1.82, 2.24) is 19.5 Å². The van der Waals surface area contributed by atoms with Crippen LogP contribution in [0.3, 0.4) is 0 Å². The normalized spacial score (nSPS) is 23.7. The SMILES string of the molecule is C[C@H]1OC(n2cnc3c(N)ncnc32)=C(O)[C@@H]1O. The van der Waals surface area contributed by atoms with Gasteiger partial charge in [-0.3, -0.25) is 0 Å². The number of nitrogens with two attached hydrogens (primary N) is 1. The Labute approximate surface area is 101 Å². The molecule has 8 heteroatoms. The van der Waals surface area contributed by atoms with E-state index in [9.17, 15) is 10.2 Å². The number of rotatable bonds is 1. The molecule has 1 aliphatic heterocycles. The van der Waals surface area contributed by atoms with Crippen molar-refractivity contribution < 1.29 is 14.9 Å². The number of aromatic nitrogens is 4. The zero-order valence-electron chi connectivity index (χ0n) is 9.48. The molecular formula is C10H11N5O3. The summed E-state index contributed by atoms with van der Waals surface area (Å²) in [5, 5.41) is 19.4. The number of nitrogen functional groups attached to an aromatic ring is 1. The van der Waals surface area contributed by atoms with E-state index in [0.29, 0.717) is 11.2 Å². The van der Waals surface area contributed by atoms with Gasteiger partial charge in [0.15, 0.2) is 28.8 Å². The average molecular weight is 249 g/mol. The van der Waals surface area contributed by atoms with Crippen molar-refractivity contribution in [3.05, 3.63) is 18.4 Å². The third kappa shape index (κ3) is 1.32. The highest BCUT2D eigenvalue weighted by Crippen LogP contribution is 2.29. The molecule has 2 aromatic rings. The van der Waals surface area contributed by atoms with Crippen molar-refractivity contribution in [1.29, 1.82) is 0 Å². The predicted octanol–water partition coefficient (Wildman–Crippen LogP) is -0.128. The summed E-state index contributed by atoms with van der Waals surface area (Å²) in [7, 11) is 0. The lowest BCUT2D eigenvalue weighted by Crippen LogP contribution is -2.19. The van der Waals surface area contributed by atoms with Gasteiger partial charge in [0, 0.05) is 0 Å². The smallest absolute Gasteiger partial charge is 0.243 e. The number of ether oxygens (including phenoxy) is 1. The van der Waals surface area contributed by atoms with Crippen LogP contribution >= 0.6 is 0 Å². The highest BCUT2D eigenvalue weighted by Gasteiger charge is 2.34. The summed E-state index contributed by atoms with van der Waals surface area (Å²) in [5.41, 5.74) is 6.48. The first kappa shape index (κ1) is 10.8. The Hall–Kier alpha value is -2.35. The Bertz CT molecular complexity index is 650. The van der Waals surface area contributed by atoms with E-state index in [0.717, 1.165) is 0 Å². The molecule has 0 amide bonds. The Morgan fingerprint density at radius 3 is 2.83 bits per heavy atom. The molecule has 0 aliphatic carbocycles. The van der Waals surface area contributed by atoms with Crippen LogP contribution in [-0.2, 0) is 4.74 Å². The number of aliphatic hydroxyl groups excluding tert-OH is 2. The second-order valence-corrected chi connectivity index (χ2v) is 4.00. The van der Waals surface area contributed by atoms with Crippen LogP contribution < -0.4 is 5.73 Å². The maximum absolute atomic E-state index is 9.81. The number of anilines is 1. The van der Waals surface area contributed by atoms with Crippen LogP contribution in [0.1, 0.15) is 6.92 Å². The van der Waals surface area contributed by atoms with Crippen LogP contribution in [-0.4, -0.2) is 41.9 Å². The molecule has 8 nitrogen and oxygen atoms in total. The monoisotopic (exact) mass is 249 g/mol. The van der Waals surface area contributed by atoms with E-state index in [2.05, 4.69) is 15.0 Å². The summed E-state index contributed by atoms with van der Waals surface area (Å²) >= 11 is 0. The van der Waals surface area contributed by atoms with Crippen LogP contribution in [0.5, 0.6) is 0 Å². The molecule has 0 aromatic carbocycles. The number of nitrogens with zero attached hydrogens (tertiary/aromatic N) is 4. The lowest BCUT2D eigenvalue weighted by molar-refractivity contribution is 0.0626. The van der Waals surface area contributed by atoms with Gasteiger partial charge in [-0.1, -0.05) is 0 Å². The van der Waals surface area contributed by atoms with Gasteiger partial charge in [-0.15, -0.1) is 0 Å². The maximum atomic E-state index is 9.81. The third-order valence-corrected chi connectivity index (χ3v) is 2.82. The second kappa shape index (κ2) is 3.57. The van der Waals surface area contributed by atoms with Crippen LogP contribution in [0.2, 0.25) is 0 Å². The van der Waals surface area contributed by atoms with Gasteiger partial charge in [0.1, 0.15) is 18.8 Å². The van der Waals surface area contributed by atoms with Gasteiger partial charge >= 0.3 is 0 Å². The standard InChI is InChI=1S/C10H11N5O3/c1-4-6(16)7(17)10(18-4)15-3-14-5-8(11)12-2-13-9(5)15/h2-4,6,16-17H,1H3,(H2,11,12,13)/t4-,6-/m1/s1. The molecule has 2 atom stereocenters. The molecule has 0 saturated carbocycles. The molecule has 0 radical (unpaired) electrons. The van der Waals surface area contributed by atoms with Gasteiger partial charge in [0.05, 0.1) is 0 Å². The summed E-state index contributed by atoms with van der Waals surface area (Å²) in [5.74, 6) is 0.0972. The van der Waals surface area contributed by atoms with Crippen molar-refractivity contribution >= 4 is 22.9 Å². The summed E-state index contributed by atoms with van der Waals surface area (Å²) in [6.45, 7) is 1.65. The molecule has 0 fully saturated rings. The average Bonchev–Trinajstić information content (AvgIpc) is 2.88. The minimum atomic E-state index is -1.06. The van der Waals surface area contributed by atoms with Crippen molar-refractivity contribution in [3.63, 3.8) is 0 Å². The minimum absolute atomic E-state index is 0.107. The summed E-state index contributed by atoms with van der Waals surface area (Å²) in [6, 6.07) is 0. The van der Waals surface area contributed by atoms with E-state index in [1.807, 2.05) is 0 Å². The lowest BCUT2D eigenvalue weighted by Gasteiger charge is -2.09. The first-order valence-electron chi connectivity index (χ1n) is 5.31. The van der Waals surface area contributed by atoms with Crippen molar-refractivity contribution in [3.8, 4) is 0 Å². The Balaban J connectivity index is 2.20. The van der Waals surface area contributed by atoms with Gasteiger partial charge in [-0.05, 0) is 6.92 Å². The summed E-state index contributed by atoms with van der Waals surface area (Å²) in [4.78, 5) is 11.9. The number of fused-ring (bicyclic) bond motifs is 1. The van der Waals surface area contributed by atoms with Gasteiger partial charge in [0.2, 0.25) is 5.88 Å². The molecule has 94 valence electrons.